The molecule has 2 atom stereocenters. The van der Waals surface area contributed by atoms with E-state index in [2.05, 4.69) is 20.9 Å². The third kappa shape index (κ3) is 2.24. The molecule has 2 aliphatic rings. The minimum absolute atomic E-state index is 0.000479. The molecule has 3 rings (SSSR count). The Morgan fingerprint density at radius 3 is 2.70 bits per heavy atom. The summed E-state index contributed by atoms with van der Waals surface area (Å²) in [6.45, 7) is 4.57. The van der Waals surface area contributed by atoms with Crippen LogP contribution in [0.1, 0.15) is 36.5 Å². The molecule has 6 nitrogen and oxygen atoms in total. The van der Waals surface area contributed by atoms with Crippen LogP contribution in [0.2, 0.25) is 0 Å². The predicted molar refractivity (Wildman–Crippen MR) is 75.8 cm³/mol. The third-order valence-corrected chi connectivity index (χ3v) is 5.24. The Morgan fingerprint density at radius 2 is 2.13 bits per heavy atom. The van der Waals surface area contributed by atoms with Gasteiger partial charge in [0.1, 0.15) is 0 Å². The molecule has 2 heterocycles. The van der Waals surface area contributed by atoms with Crippen LogP contribution in [0, 0.1) is 10.8 Å². The number of nitrogens with zero attached hydrogens (tertiary/aromatic N) is 3. The van der Waals surface area contributed by atoms with Gasteiger partial charge in [-0.25, -0.2) is 4.68 Å². The maximum absolute atomic E-state index is 13.3. The van der Waals surface area contributed by atoms with Crippen molar-refractivity contribution in [2.45, 2.75) is 39.4 Å². The summed E-state index contributed by atoms with van der Waals surface area (Å²) in [6, 6.07) is 0. The van der Waals surface area contributed by atoms with Gasteiger partial charge >= 0.3 is 6.18 Å². The molecule has 1 amide bonds. The number of amides is 1. The van der Waals surface area contributed by atoms with Gasteiger partial charge in [0.05, 0.1) is 11.1 Å². The number of piperidine rings is 1. The Morgan fingerprint density at radius 1 is 1.39 bits per heavy atom. The van der Waals surface area contributed by atoms with Gasteiger partial charge in [0.25, 0.3) is 5.91 Å². The second-order valence-electron chi connectivity index (χ2n) is 6.38. The molecule has 9 heteroatoms. The quantitative estimate of drug-likeness (QED) is 0.848. The first-order valence-electron chi connectivity index (χ1n) is 7.78. The lowest BCUT2D eigenvalue weighted by molar-refractivity contribution is -0.190. The number of hydrogen-bond donors (Lipinski definition) is 2. The smallest absolute Gasteiger partial charge is 0.350 e. The molecule has 2 N–H and O–H groups in total. The first-order chi connectivity index (χ1) is 10.8. The Labute approximate surface area is 131 Å². The molecule has 0 radical (unpaired) electrons. The van der Waals surface area contributed by atoms with Crippen molar-refractivity contribution in [2.75, 3.05) is 19.6 Å². The zero-order valence-corrected chi connectivity index (χ0v) is 13.1. The number of rotatable bonds is 5. The van der Waals surface area contributed by atoms with Crippen LogP contribution in [0.3, 0.4) is 0 Å². The van der Waals surface area contributed by atoms with E-state index in [9.17, 15) is 18.0 Å². The van der Waals surface area contributed by atoms with Crippen molar-refractivity contribution < 1.29 is 18.0 Å². The molecule has 1 saturated heterocycles. The van der Waals surface area contributed by atoms with Crippen molar-refractivity contribution in [3.05, 3.63) is 11.4 Å². The lowest BCUT2D eigenvalue weighted by atomic mass is 9.95. The van der Waals surface area contributed by atoms with Gasteiger partial charge in [-0.15, -0.1) is 5.10 Å². The van der Waals surface area contributed by atoms with Gasteiger partial charge in [-0.2, -0.15) is 13.2 Å². The van der Waals surface area contributed by atoms with E-state index in [-0.39, 0.29) is 31.7 Å². The summed E-state index contributed by atoms with van der Waals surface area (Å²) in [5.74, 6) is -0.453. The minimum atomic E-state index is -4.25. The van der Waals surface area contributed by atoms with Gasteiger partial charge in [-0.05, 0) is 19.8 Å². The highest BCUT2D eigenvalue weighted by Crippen LogP contribution is 2.72. The van der Waals surface area contributed by atoms with E-state index in [0.29, 0.717) is 18.7 Å². The third-order valence-electron chi connectivity index (χ3n) is 5.24. The van der Waals surface area contributed by atoms with E-state index in [0.717, 1.165) is 0 Å². The number of fused-ring (bicyclic) bond motifs is 1. The number of halogens is 3. The summed E-state index contributed by atoms with van der Waals surface area (Å²) in [5, 5.41) is 13.2. The van der Waals surface area contributed by atoms with E-state index < -0.39 is 22.9 Å². The first-order valence-corrected chi connectivity index (χ1v) is 7.78. The van der Waals surface area contributed by atoms with Crippen molar-refractivity contribution in [1.82, 2.24) is 25.6 Å². The Bertz CT molecular complexity index is 628. The van der Waals surface area contributed by atoms with Gasteiger partial charge in [0.15, 0.2) is 5.69 Å². The predicted octanol–water partition coefficient (Wildman–Crippen LogP) is 1.13. The molecule has 1 aromatic rings. The molecule has 2 fully saturated rings. The van der Waals surface area contributed by atoms with Gasteiger partial charge in [0.2, 0.25) is 0 Å². The molecule has 0 bridgehead atoms. The molecular formula is C14H20F3N5O. The van der Waals surface area contributed by atoms with Crippen LogP contribution in [-0.2, 0) is 13.0 Å². The zero-order valence-electron chi connectivity index (χ0n) is 13.1. The highest BCUT2D eigenvalue weighted by Gasteiger charge is 2.81. The average Bonchev–Trinajstić information content (AvgIpc) is 2.85. The fourth-order valence-corrected chi connectivity index (χ4v) is 3.77. The molecule has 1 aliphatic heterocycles. The van der Waals surface area contributed by atoms with Crippen LogP contribution in [0.25, 0.3) is 0 Å². The SMILES string of the molecule is CCc1c(C(=O)NC[C@@]23CNC[C@]2(C(F)(F)F)C3)nnn1CC. The highest BCUT2D eigenvalue weighted by molar-refractivity contribution is 5.93. The first kappa shape index (κ1) is 16.2. The van der Waals surface area contributed by atoms with Crippen molar-refractivity contribution in [1.29, 1.82) is 0 Å². The number of alkyl halides is 3. The van der Waals surface area contributed by atoms with Crippen LogP contribution in [-0.4, -0.2) is 46.7 Å². The van der Waals surface area contributed by atoms with E-state index >= 15 is 0 Å². The van der Waals surface area contributed by atoms with Crippen molar-refractivity contribution in [3.63, 3.8) is 0 Å². The molecule has 0 spiro atoms. The molecule has 1 saturated carbocycles. The standard InChI is InChI=1S/C14H20F3N5O/c1-3-9-10(20-21-22(9)4-2)11(23)19-7-12-5-13(12,8-18-6-12)14(15,16)17/h18H,3-8H2,1-2H3,(H,19,23)/t12-,13-/m1/s1. The van der Waals surface area contributed by atoms with E-state index in [4.69, 9.17) is 0 Å². The number of carbonyl (C=O) groups excluding carboxylic acids is 1. The second-order valence-corrected chi connectivity index (χ2v) is 6.38. The average molecular weight is 331 g/mol. The lowest BCUT2D eigenvalue weighted by Gasteiger charge is -2.20. The Hall–Kier alpha value is -1.64. The van der Waals surface area contributed by atoms with Crippen LogP contribution < -0.4 is 10.6 Å². The summed E-state index contributed by atoms with van der Waals surface area (Å²) in [6.07, 6.45) is -3.59. The monoisotopic (exact) mass is 331 g/mol. The molecule has 128 valence electrons. The van der Waals surface area contributed by atoms with Crippen LogP contribution >= 0.6 is 0 Å². The van der Waals surface area contributed by atoms with Crippen LogP contribution in [0.4, 0.5) is 13.2 Å². The summed E-state index contributed by atoms with van der Waals surface area (Å²) in [5.41, 5.74) is -1.71. The summed E-state index contributed by atoms with van der Waals surface area (Å²) in [4.78, 5) is 12.3. The van der Waals surface area contributed by atoms with Gasteiger partial charge < -0.3 is 10.6 Å². The number of aryl methyl sites for hydroxylation is 1. The number of nitrogens with one attached hydrogen (secondary N) is 2. The normalized spacial score (nSPS) is 29.4. The topological polar surface area (TPSA) is 71.8 Å². The second kappa shape index (κ2) is 5.19. The number of hydrogen-bond acceptors (Lipinski definition) is 4. The lowest BCUT2D eigenvalue weighted by Crippen LogP contribution is -2.38. The molecule has 0 aromatic carbocycles. The summed E-state index contributed by atoms with van der Waals surface area (Å²) < 4.78 is 41.4. The Balaban J connectivity index is 1.70. The molecule has 1 aliphatic carbocycles. The van der Waals surface area contributed by atoms with Crippen molar-refractivity contribution in [3.8, 4) is 0 Å². The fraction of sp³-hybridized carbons (Fsp3) is 0.786. The summed E-state index contributed by atoms with van der Waals surface area (Å²) >= 11 is 0. The Kier molecular flexibility index (Phi) is 3.66. The highest BCUT2D eigenvalue weighted by atomic mass is 19.4. The van der Waals surface area contributed by atoms with Gasteiger partial charge in [-0.3, -0.25) is 4.79 Å². The molecule has 0 unspecified atom stereocenters. The molecule has 23 heavy (non-hydrogen) atoms. The van der Waals surface area contributed by atoms with E-state index in [1.807, 2.05) is 13.8 Å². The fourth-order valence-electron chi connectivity index (χ4n) is 3.77. The minimum Gasteiger partial charge on any atom is -0.350 e. The van der Waals surface area contributed by atoms with Crippen molar-refractivity contribution in [2.24, 2.45) is 10.8 Å². The maximum atomic E-state index is 13.3. The number of carbonyl (C=O) groups is 1. The van der Waals surface area contributed by atoms with Gasteiger partial charge in [0, 0.05) is 31.6 Å². The zero-order chi connectivity index (χ0) is 16.9. The molecular weight excluding hydrogens is 311 g/mol. The van der Waals surface area contributed by atoms with E-state index in [1.165, 1.54) is 0 Å². The van der Waals surface area contributed by atoms with Crippen LogP contribution in [0.5, 0.6) is 0 Å². The van der Waals surface area contributed by atoms with Gasteiger partial charge in [-0.1, -0.05) is 12.1 Å². The number of aromatic nitrogens is 3. The maximum Gasteiger partial charge on any atom is 0.396 e. The van der Waals surface area contributed by atoms with Crippen molar-refractivity contribution >= 4 is 5.91 Å². The molecule has 1 aromatic heterocycles. The largest absolute Gasteiger partial charge is 0.396 e. The van der Waals surface area contributed by atoms with E-state index in [1.54, 1.807) is 4.68 Å². The van der Waals surface area contributed by atoms with Crippen LogP contribution in [0.15, 0.2) is 0 Å². The summed E-state index contributed by atoms with van der Waals surface area (Å²) in [7, 11) is 0.